The smallest absolute Gasteiger partial charge is 0.335 e. The van der Waals surface area contributed by atoms with Gasteiger partial charge >= 0.3 is 5.97 Å². The fourth-order valence-electron chi connectivity index (χ4n) is 1.67. The number of aromatic nitrogens is 1. The molecule has 0 unspecified atom stereocenters. The van der Waals surface area contributed by atoms with Crippen molar-refractivity contribution in [2.75, 3.05) is 6.61 Å². The summed E-state index contributed by atoms with van der Waals surface area (Å²) in [6.07, 6.45) is 0. The molecule has 0 fully saturated rings. The molecule has 106 valence electrons. The van der Waals surface area contributed by atoms with E-state index in [2.05, 4.69) is 5.16 Å². The second-order valence-corrected chi connectivity index (χ2v) is 4.12. The van der Waals surface area contributed by atoms with Crippen LogP contribution in [0.3, 0.4) is 0 Å². The molecule has 1 aromatic heterocycles. The quantitative estimate of drug-likeness (QED) is 0.874. The van der Waals surface area contributed by atoms with E-state index in [0.29, 0.717) is 29.6 Å². The minimum absolute atomic E-state index is 0.151. The molecule has 2 aromatic rings. The van der Waals surface area contributed by atoms with Crippen molar-refractivity contribution in [2.24, 2.45) is 0 Å². The fourth-order valence-corrected chi connectivity index (χ4v) is 1.67. The van der Waals surface area contributed by atoms with Crippen LogP contribution in [0.25, 0.3) is 0 Å². The molecule has 0 aliphatic carbocycles. The van der Waals surface area contributed by atoms with Crippen LogP contribution in [0.2, 0.25) is 0 Å². The Morgan fingerprint density at radius 2 is 2.10 bits per heavy atom. The van der Waals surface area contributed by atoms with Crippen molar-refractivity contribution < 1.29 is 23.9 Å². The van der Waals surface area contributed by atoms with E-state index in [1.54, 1.807) is 19.1 Å². The Kier molecular flexibility index (Phi) is 4.24. The monoisotopic (exact) mass is 277 g/mol. The Morgan fingerprint density at radius 1 is 1.30 bits per heavy atom. The first-order valence-electron chi connectivity index (χ1n) is 6.15. The number of aryl methyl sites for hydroxylation is 1. The summed E-state index contributed by atoms with van der Waals surface area (Å²) in [5.74, 6) is 0.560. The van der Waals surface area contributed by atoms with Gasteiger partial charge in [-0.2, -0.15) is 0 Å². The lowest BCUT2D eigenvalue weighted by atomic mass is 10.2. The normalized spacial score (nSPS) is 10.3. The number of ether oxygens (including phenoxy) is 2. The summed E-state index contributed by atoms with van der Waals surface area (Å²) < 4.78 is 15.9. The molecule has 0 aliphatic rings. The van der Waals surface area contributed by atoms with Gasteiger partial charge in [0.15, 0.2) is 11.5 Å². The molecule has 0 radical (unpaired) electrons. The first-order chi connectivity index (χ1) is 9.60. The topological polar surface area (TPSA) is 81.8 Å². The maximum Gasteiger partial charge on any atom is 0.335 e. The van der Waals surface area contributed by atoms with Crippen LogP contribution in [0.4, 0.5) is 0 Å². The molecule has 0 saturated carbocycles. The Morgan fingerprint density at radius 3 is 2.70 bits per heavy atom. The lowest BCUT2D eigenvalue weighted by Gasteiger charge is -2.11. The highest BCUT2D eigenvalue weighted by Gasteiger charge is 2.11. The second-order valence-electron chi connectivity index (χ2n) is 4.12. The van der Waals surface area contributed by atoms with Crippen molar-refractivity contribution >= 4 is 5.97 Å². The van der Waals surface area contributed by atoms with Gasteiger partial charge in [-0.15, -0.1) is 0 Å². The molecule has 1 heterocycles. The molecule has 6 heteroatoms. The highest BCUT2D eigenvalue weighted by atomic mass is 16.5. The largest absolute Gasteiger partial charge is 0.490 e. The molecule has 2 rings (SSSR count). The van der Waals surface area contributed by atoms with Crippen LogP contribution in [0.1, 0.15) is 28.7 Å². The van der Waals surface area contributed by atoms with Crippen molar-refractivity contribution in [1.29, 1.82) is 0 Å². The van der Waals surface area contributed by atoms with E-state index in [-0.39, 0.29) is 12.2 Å². The third-order valence-electron chi connectivity index (χ3n) is 2.54. The predicted molar refractivity (Wildman–Crippen MR) is 70.1 cm³/mol. The van der Waals surface area contributed by atoms with Crippen LogP contribution < -0.4 is 9.47 Å². The standard InChI is InChI=1S/C14H15NO5/c1-3-18-13-7-10(14(16)17)4-5-12(13)19-8-11-6-9(2)20-15-11/h4-7H,3,8H2,1-2H3,(H,16,17). The van der Waals surface area contributed by atoms with Gasteiger partial charge in [0.2, 0.25) is 0 Å². The first kappa shape index (κ1) is 13.9. The van der Waals surface area contributed by atoms with Crippen LogP contribution in [0.15, 0.2) is 28.8 Å². The number of carboxylic acids is 1. The van der Waals surface area contributed by atoms with Gasteiger partial charge in [0.25, 0.3) is 0 Å². The molecular formula is C14H15NO5. The van der Waals surface area contributed by atoms with Crippen LogP contribution in [-0.2, 0) is 6.61 Å². The van der Waals surface area contributed by atoms with Crippen LogP contribution in [0.5, 0.6) is 11.5 Å². The molecule has 1 aromatic carbocycles. The number of hydrogen-bond donors (Lipinski definition) is 1. The summed E-state index contributed by atoms with van der Waals surface area (Å²) in [4.78, 5) is 10.9. The van der Waals surface area contributed by atoms with Gasteiger partial charge < -0.3 is 19.1 Å². The minimum atomic E-state index is -1.01. The van der Waals surface area contributed by atoms with Gasteiger partial charge in [-0.3, -0.25) is 0 Å². The molecule has 20 heavy (non-hydrogen) atoms. The molecule has 1 N–H and O–H groups in total. The first-order valence-corrected chi connectivity index (χ1v) is 6.15. The molecule has 6 nitrogen and oxygen atoms in total. The third-order valence-corrected chi connectivity index (χ3v) is 2.54. The second kappa shape index (κ2) is 6.10. The van der Waals surface area contributed by atoms with Gasteiger partial charge in [-0.05, 0) is 32.0 Å². The maximum atomic E-state index is 10.9. The van der Waals surface area contributed by atoms with E-state index in [9.17, 15) is 4.79 Å². The third kappa shape index (κ3) is 3.28. The van der Waals surface area contributed by atoms with E-state index >= 15 is 0 Å². The predicted octanol–water partition coefficient (Wildman–Crippen LogP) is 2.66. The van der Waals surface area contributed by atoms with Gasteiger partial charge in [-0.1, -0.05) is 5.16 Å². The van der Waals surface area contributed by atoms with Crippen molar-refractivity contribution in [3.8, 4) is 11.5 Å². The van der Waals surface area contributed by atoms with Crippen molar-refractivity contribution in [1.82, 2.24) is 5.16 Å². The number of carbonyl (C=O) groups is 1. The maximum absolute atomic E-state index is 10.9. The molecule has 0 bridgehead atoms. The summed E-state index contributed by atoms with van der Waals surface area (Å²) in [7, 11) is 0. The van der Waals surface area contributed by atoms with E-state index in [1.165, 1.54) is 12.1 Å². The number of nitrogens with zero attached hydrogens (tertiary/aromatic N) is 1. The number of carboxylic acid groups (broad SMARTS) is 1. The molecule has 0 saturated heterocycles. The molecule has 0 amide bonds. The summed E-state index contributed by atoms with van der Waals surface area (Å²) in [6.45, 7) is 4.26. The average Bonchev–Trinajstić information content (AvgIpc) is 2.83. The fraction of sp³-hybridized carbons (Fsp3) is 0.286. The highest BCUT2D eigenvalue weighted by molar-refractivity contribution is 5.88. The molecular weight excluding hydrogens is 262 g/mol. The van der Waals surface area contributed by atoms with E-state index in [0.717, 1.165) is 0 Å². The zero-order valence-corrected chi connectivity index (χ0v) is 11.3. The highest BCUT2D eigenvalue weighted by Crippen LogP contribution is 2.29. The van der Waals surface area contributed by atoms with Crippen molar-refractivity contribution in [2.45, 2.75) is 20.5 Å². The lowest BCUT2D eigenvalue weighted by molar-refractivity contribution is 0.0696. The molecule has 0 atom stereocenters. The summed E-state index contributed by atoms with van der Waals surface area (Å²) in [6, 6.07) is 6.25. The van der Waals surface area contributed by atoms with Gasteiger partial charge in [0.1, 0.15) is 18.1 Å². The summed E-state index contributed by atoms with van der Waals surface area (Å²) in [5.41, 5.74) is 0.811. The molecule has 0 aliphatic heterocycles. The van der Waals surface area contributed by atoms with E-state index < -0.39 is 5.97 Å². The Balaban J connectivity index is 2.15. The number of benzene rings is 1. The number of aromatic carboxylic acids is 1. The zero-order chi connectivity index (χ0) is 14.5. The van der Waals surface area contributed by atoms with Crippen LogP contribution in [0, 0.1) is 6.92 Å². The van der Waals surface area contributed by atoms with Crippen LogP contribution in [-0.4, -0.2) is 22.8 Å². The lowest BCUT2D eigenvalue weighted by Crippen LogP contribution is -2.02. The zero-order valence-electron chi connectivity index (χ0n) is 11.3. The Labute approximate surface area is 115 Å². The Hall–Kier alpha value is -2.50. The van der Waals surface area contributed by atoms with Gasteiger partial charge in [-0.25, -0.2) is 4.79 Å². The summed E-state index contributed by atoms with van der Waals surface area (Å²) in [5, 5.41) is 12.8. The van der Waals surface area contributed by atoms with Crippen molar-refractivity contribution in [3.63, 3.8) is 0 Å². The van der Waals surface area contributed by atoms with E-state index in [1.807, 2.05) is 6.92 Å². The van der Waals surface area contributed by atoms with Gasteiger partial charge in [0.05, 0.1) is 12.2 Å². The van der Waals surface area contributed by atoms with Gasteiger partial charge in [0, 0.05) is 6.07 Å². The minimum Gasteiger partial charge on any atom is -0.490 e. The average molecular weight is 277 g/mol. The SMILES string of the molecule is CCOc1cc(C(=O)O)ccc1OCc1cc(C)on1. The molecule has 0 spiro atoms. The van der Waals surface area contributed by atoms with Crippen LogP contribution >= 0.6 is 0 Å². The number of hydrogen-bond acceptors (Lipinski definition) is 5. The summed E-state index contributed by atoms with van der Waals surface area (Å²) >= 11 is 0. The number of rotatable bonds is 6. The Bertz CT molecular complexity index is 605. The van der Waals surface area contributed by atoms with Crippen molar-refractivity contribution in [3.05, 3.63) is 41.3 Å². The van der Waals surface area contributed by atoms with E-state index in [4.69, 9.17) is 19.1 Å².